The van der Waals surface area contributed by atoms with Gasteiger partial charge in [0, 0.05) is 18.7 Å². The van der Waals surface area contributed by atoms with Crippen LogP contribution in [0.5, 0.6) is 0 Å². The Morgan fingerprint density at radius 3 is 2.68 bits per heavy atom. The zero-order chi connectivity index (χ0) is 13.7. The van der Waals surface area contributed by atoms with Crippen LogP contribution in [0.2, 0.25) is 0 Å². The number of aliphatic hydroxyl groups excluding tert-OH is 1. The standard InChI is InChI=1S/C13H15F2N3O/c14-13(15)11(19)8-16-6-10-7-17-18-12(10)9-4-2-1-3-5-9/h1-5,7,11,13,16,19H,6,8H2,(H,17,18). The molecule has 1 atom stereocenters. The molecule has 4 nitrogen and oxygen atoms in total. The van der Waals surface area contributed by atoms with Crippen LogP contribution >= 0.6 is 0 Å². The van der Waals surface area contributed by atoms with E-state index in [-0.39, 0.29) is 6.54 Å². The Morgan fingerprint density at radius 2 is 2.00 bits per heavy atom. The molecule has 2 rings (SSSR count). The number of aliphatic hydroxyl groups is 1. The first-order valence-corrected chi connectivity index (χ1v) is 5.93. The number of nitrogens with zero attached hydrogens (tertiary/aromatic N) is 1. The molecule has 102 valence electrons. The maximum atomic E-state index is 12.1. The zero-order valence-corrected chi connectivity index (χ0v) is 10.2. The number of nitrogens with one attached hydrogen (secondary N) is 2. The molecule has 2 aromatic rings. The summed E-state index contributed by atoms with van der Waals surface area (Å²) < 4.78 is 24.3. The van der Waals surface area contributed by atoms with Gasteiger partial charge in [0.15, 0.2) is 0 Å². The Hall–Kier alpha value is -1.79. The van der Waals surface area contributed by atoms with Gasteiger partial charge in [-0.3, -0.25) is 5.10 Å². The average molecular weight is 267 g/mol. The third-order valence-corrected chi connectivity index (χ3v) is 2.74. The third-order valence-electron chi connectivity index (χ3n) is 2.74. The van der Waals surface area contributed by atoms with Crippen LogP contribution < -0.4 is 5.32 Å². The fraction of sp³-hybridized carbons (Fsp3) is 0.308. The molecule has 1 heterocycles. The lowest BCUT2D eigenvalue weighted by Gasteiger charge is -2.10. The predicted octanol–water partition coefficient (Wildman–Crippen LogP) is 1.79. The molecule has 0 fully saturated rings. The van der Waals surface area contributed by atoms with Crippen LogP contribution in [0.4, 0.5) is 8.78 Å². The molecule has 6 heteroatoms. The lowest BCUT2D eigenvalue weighted by Crippen LogP contribution is -2.31. The van der Waals surface area contributed by atoms with Crippen LogP contribution in [0.3, 0.4) is 0 Å². The van der Waals surface area contributed by atoms with Gasteiger partial charge >= 0.3 is 0 Å². The highest BCUT2D eigenvalue weighted by Crippen LogP contribution is 2.20. The summed E-state index contributed by atoms with van der Waals surface area (Å²) in [7, 11) is 0. The van der Waals surface area contributed by atoms with E-state index in [1.54, 1.807) is 6.20 Å². The van der Waals surface area contributed by atoms with Gasteiger partial charge in [-0.05, 0) is 5.56 Å². The smallest absolute Gasteiger partial charge is 0.265 e. The largest absolute Gasteiger partial charge is 0.386 e. The van der Waals surface area contributed by atoms with Gasteiger partial charge in [0.05, 0.1) is 11.9 Å². The number of aromatic nitrogens is 2. The maximum absolute atomic E-state index is 12.1. The molecule has 0 spiro atoms. The van der Waals surface area contributed by atoms with Crippen molar-refractivity contribution in [1.29, 1.82) is 0 Å². The first-order valence-electron chi connectivity index (χ1n) is 5.93. The fourth-order valence-electron chi connectivity index (χ4n) is 1.74. The summed E-state index contributed by atoms with van der Waals surface area (Å²) in [5.41, 5.74) is 2.69. The fourth-order valence-corrected chi connectivity index (χ4v) is 1.74. The molecule has 0 aliphatic rings. The van der Waals surface area contributed by atoms with Crippen LogP contribution in [0.1, 0.15) is 5.56 Å². The van der Waals surface area contributed by atoms with E-state index in [4.69, 9.17) is 5.11 Å². The van der Waals surface area contributed by atoms with Gasteiger partial charge in [-0.25, -0.2) is 8.78 Å². The first kappa shape index (κ1) is 13.6. The topological polar surface area (TPSA) is 60.9 Å². The summed E-state index contributed by atoms with van der Waals surface area (Å²) in [6.45, 7) is 0.210. The monoisotopic (exact) mass is 267 g/mol. The molecule has 0 radical (unpaired) electrons. The summed E-state index contributed by atoms with van der Waals surface area (Å²) >= 11 is 0. The molecular formula is C13H15F2N3O. The maximum Gasteiger partial charge on any atom is 0.265 e. The van der Waals surface area contributed by atoms with E-state index in [0.717, 1.165) is 16.8 Å². The Labute approximate surface area is 109 Å². The number of rotatable bonds is 6. The number of hydrogen-bond donors (Lipinski definition) is 3. The van der Waals surface area contributed by atoms with E-state index in [1.807, 2.05) is 30.3 Å². The van der Waals surface area contributed by atoms with Crippen molar-refractivity contribution in [2.45, 2.75) is 19.1 Å². The van der Waals surface area contributed by atoms with Crippen molar-refractivity contribution in [3.63, 3.8) is 0 Å². The minimum Gasteiger partial charge on any atom is -0.386 e. The van der Waals surface area contributed by atoms with Crippen molar-refractivity contribution in [3.05, 3.63) is 42.1 Å². The van der Waals surface area contributed by atoms with Crippen molar-refractivity contribution in [3.8, 4) is 11.3 Å². The van der Waals surface area contributed by atoms with E-state index in [1.165, 1.54) is 0 Å². The summed E-state index contributed by atoms with van der Waals surface area (Å²) in [4.78, 5) is 0. The zero-order valence-electron chi connectivity index (χ0n) is 10.2. The molecule has 1 unspecified atom stereocenters. The number of halogens is 2. The van der Waals surface area contributed by atoms with Crippen molar-refractivity contribution in [2.75, 3.05) is 6.54 Å². The second kappa shape index (κ2) is 6.40. The molecule has 0 bridgehead atoms. The second-order valence-corrected chi connectivity index (χ2v) is 4.17. The van der Waals surface area contributed by atoms with Crippen molar-refractivity contribution < 1.29 is 13.9 Å². The van der Waals surface area contributed by atoms with Crippen molar-refractivity contribution in [1.82, 2.24) is 15.5 Å². The molecule has 0 saturated heterocycles. The van der Waals surface area contributed by atoms with E-state index < -0.39 is 12.5 Å². The van der Waals surface area contributed by atoms with Crippen LogP contribution in [-0.4, -0.2) is 34.4 Å². The number of benzene rings is 1. The quantitative estimate of drug-likeness (QED) is 0.748. The number of aromatic amines is 1. The molecule has 19 heavy (non-hydrogen) atoms. The number of alkyl halides is 2. The van der Waals surface area contributed by atoms with Gasteiger partial charge in [0.1, 0.15) is 6.10 Å². The minimum atomic E-state index is -2.73. The van der Waals surface area contributed by atoms with E-state index in [2.05, 4.69) is 15.5 Å². The van der Waals surface area contributed by atoms with Crippen molar-refractivity contribution >= 4 is 0 Å². The Morgan fingerprint density at radius 1 is 1.26 bits per heavy atom. The molecule has 1 aromatic heterocycles. The highest BCUT2D eigenvalue weighted by Gasteiger charge is 2.16. The van der Waals surface area contributed by atoms with Gasteiger partial charge in [0.2, 0.25) is 0 Å². The summed E-state index contributed by atoms with van der Waals surface area (Å²) in [6, 6.07) is 9.61. The summed E-state index contributed by atoms with van der Waals surface area (Å²) in [5, 5.41) is 18.6. The molecular weight excluding hydrogens is 252 g/mol. The highest BCUT2D eigenvalue weighted by atomic mass is 19.3. The lowest BCUT2D eigenvalue weighted by molar-refractivity contribution is -0.00340. The second-order valence-electron chi connectivity index (χ2n) is 4.17. The average Bonchev–Trinajstić information content (AvgIpc) is 2.88. The van der Waals surface area contributed by atoms with E-state index >= 15 is 0 Å². The predicted molar refractivity (Wildman–Crippen MR) is 67.7 cm³/mol. The van der Waals surface area contributed by atoms with Gasteiger partial charge in [-0.2, -0.15) is 5.10 Å². The van der Waals surface area contributed by atoms with Crippen LogP contribution in [0.15, 0.2) is 36.5 Å². The minimum absolute atomic E-state index is 0.156. The van der Waals surface area contributed by atoms with Crippen LogP contribution in [-0.2, 0) is 6.54 Å². The Bertz CT molecular complexity index is 502. The summed E-state index contributed by atoms with van der Waals surface area (Å²) in [6.07, 6.45) is -2.73. The summed E-state index contributed by atoms with van der Waals surface area (Å²) in [5.74, 6) is 0. The molecule has 0 saturated carbocycles. The Kier molecular flexibility index (Phi) is 4.59. The lowest BCUT2D eigenvalue weighted by atomic mass is 10.1. The van der Waals surface area contributed by atoms with Crippen LogP contribution in [0, 0.1) is 0 Å². The van der Waals surface area contributed by atoms with Gasteiger partial charge < -0.3 is 10.4 Å². The normalized spacial score (nSPS) is 12.8. The highest BCUT2D eigenvalue weighted by molar-refractivity contribution is 5.62. The number of H-pyrrole nitrogens is 1. The van der Waals surface area contributed by atoms with E-state index in [0.29, 0.717) is 6.54 Å². The van der Waals surface area contributed by atoms with Gasteiger partial charge in [-0.1, -0.05) is 30.3 Å². The molecule has 3 N–H and O–H groups in total. The first-order chi connectivity index (χ1) is 9.18. The van der Waals surface area contributed by atoms with Crippen LogP contribution in [0.25, 0.3) is 11.3 Å². The molecule has 1 aromatic carbocycles. The number of hydrogen-bond acceptors (Lipinski definition) is 3. The third kappa shape index (κ3) is 3.59. The van der Waals surface area contributed by atoms with Crippen molar-refractivity contribution in [2.24, 2.45) is 0 Å². The molecule has 0 aliphatic heterocycles. The van der Waals surface area contributed by atoms with Gasteiger partial charge in [0.25, 0.3) is 6.43 Å². The van der Waals surface area contributed by atoms with Gasteiger partial charge in [-0.15, -0.1) is 0 Å². The SMILES string of the molecule is OC(CNCc1cn[nH]c1-c1ccccc1)C(F)F. The molecule has 0 aliphatic carbocycles. The van der Waals surface area contributed by atoms with E-state index in [9.17, 15) is 8.78 Å². The Balaban J connectivity index is 1.97. The molecule has 0 amide bonds.